The fraction of sp³-hybridized carbons (Fsp3) is 0.333. The molecule has 3 nitrogen and oxygen atoms in total. The third kappa shape index (κ3) is 4.50. The third-order valence-electron chi connectivity index (χ3n) is 3.52. The zero-order chi connectivity index (χ0) is 15.1. The van der Waals surface area contributed by atoms with Crippen LogP contribution >= 0.6 is 0 Å². The van der Waals surface area contributed by atoms with Crippen molar-refractivity contribution in [1.29, 1.82) is 0 Å². The first-order valence-electron chi connectivity index (χ1n) is 7.23. The topological polar surface area (TPSA) is 30.5 Å². The normalized spacial score (nSPS) is 12.0. The second kappa shape index (κ2) is 7.70. The van der Waals surface area contributed by atoms with E-state index in [9.17, 15) is 0 Å². The van der Waals surface area contributed by atoms with E-state index in [1.54, 1.807) is 7.11 Å². The van der Waals surface area contributed by atoms with E-state index in [4.69, 9.17) is 9.47 Å². The van der Waals surface area contributed by atoms with E-state index < -0.39 is 0 Å². The molecule has 0 saturated carbocycles. The second-order valence-electron chi connectivity index (χ2n) is 5.16. The van der Waals surface area contributed by atoms with Gasteiger partial charge in [-0.15, -0.1) is 0 Å². The van der Waals surface area contributed by atoms with Gasteiger partial charge in [-0.2, -0.15) is 0 Å². The summed E-state index contributed by atoms with van der Waals surface area (Å²) < 4.78 is 10.9. The monoisotopic (exact) mass is 285 g/mol. The standard InChI is InChI=1S/C18H23NO2/c1-14(12-19-2)16-6-4-15(5-7-16)13-21-18-10-8-17(20-3)9-11-18/h4-11,14,19H,12-13H2,1-3H3. The first-order chi connectivity index (χ1) is 10.2. The van der Waals surface area contributed by atoms with Gasteiger partial charge in [-0.1, -0.05) is 31.2 Å². The summed E-state index contributed by atoms with van der Waals surface area (Å²) in [6, 6.07) is 16.2. The van der Waals surface area contributed by atoms with E-state index in [1.165, 1.54) is 11.1 Å². The van der Waals surface area contributed by atoms with Crippen molar-refractivity contribution in [2.45, 2.75) is 19.4 Å². The van der Waals surface area contributed by atoms with E-state index in [0.717, 1.165) is 18.0 Å². The lowest BCUT2D eigenvalue weighted by Gasteiger charge is -2.12. The summed E-state index contributed by atoms with van der Waals surface area (Å²) in [6.07, 6.45) is 0. The minimum atomic E-state index is 0.520. The van der Waals surface area contributed by atoms with E-state index in [0.29, 0.717) is 12.5 Å². The molecule has 2 aromatic rings. The lowest BCUT2D eigenvalue weighted by Crippen LogP contribution is -2.14. The van der Waals surface area contributed by atoms with Gasteiger partial charge in [0.25, 0.3) is 0 Å². The van der Waals surface area contributed by atoms with Gasteiger partial charge in [-0.05, 0) is 48.4 Å². The molecule has 21 heavy (non-hydrogen) atoms. The first-order valence-corrected chi connectivity index (χ1v) is 7.23. The maximum Gasteiger partial charge on any atom is 0.120 e. The SMILES string of the molecule is CNCC(C)c1ccc(COc2ccc(OC)cc2)cc1. The van der Waals surface area contributed by atoms with Gasteiger partial charge < -0.3 is 14.8 Å². The van der Waals surface area contributed by atoms with Crippen LogP contribution in [0, 0.1) is 0 Å². The lowest BCUT2D eigenvalue weighted by atomic mass is 10.00. The van der Waals surface area contributed by atoms with Crippen LogP contribution in [-0.2, 0) is 6.61 Å². The minimum absolute atomic E-state index is 0.520. The summed E-state index contributed by atoms with van der Waals surface area (Å²) in [5, 5.41) is 3.20. The molecule has 2 rings (SSSR count). The molecule has 1 unspecified atom stereocenters. The summed E-state index contributed by atoms with van der Waals surface area (Å²) in [7, 11) is 3.64. The Bertz CT molecular complexity index is 534. The van der Waals surface area contributed by atoms with Crippen molar-refractivity contribution in [3.05, 3.63) is 59.7 Å². The third-order valence-corrected chi connectivity index (χ3v) is 3.52. The summed E-state index contributed by atoms with van der Waals surface area (Å²) in [5.41, 5.74) is 2.52. The molecule has 0 fully saturated rings. The van der Waals surface area contributed by atoms with Crippen molar-refractivity contribution >= 4 is 0 Å². The van der Waals surface area contributed by atoms with Crippen LogP contribution < -0.4 is 14.8 Å². The minimum Gasteiger partial charge on any atom is -0.497 e. The molecular weight excluding hydrogens is 262 g/mol. The Kier molecular flexibility index (Phi) is 5.64. The summed E-state index contributed by atoms with van der Waals surface area (Å²) in [4.78, 5) is 0. The molecule has 0 aromatic heterocycles. The fourth-order valence-electron chi connectivity index (χ4n) is 2.21. The zero-order valence-corrected chi connectivity index (χ0v) is 12.9. The molecule has 0 aliphatic rings. The van der Waals surface area contributed by atoms with Crippen molar-refractivity contribution in [2.24, 2.45) is 0 Å². The number of rotatable bonds is 7. The molecular formula is C18H23NO2. The number of nitrogens with one attached hydrogen (secondary N) is 1. The van der Waals surface area contributed by atoms with Crippen LogP contribution in [0.1, 0.15) is 24.0 Å². The molecule has 2 aromatic carbocycles. The van der Waals surface area contributed by atoms with Crippen LogP contribution in [0.25, 0.3) is 0 Å². The van der Waals surface area contributed by atoms with Gasteiger partial charge in [0.2, 0.25) is 0 Å². The second-order valence-corrected chi connectivity index (χ2v) is 5.16. The van der Waals surface area contributed by atoms with Crippen molar-refractivity contribution in [1.82, 2.24) is 5.32 Å². The van der Waals surface area contributed by atoms with E-state index in [2.05, 4.69) is 36.5 Å². The van der Waals surface area contributed by atoms with Gasteiger partial charge in [-0.25, -0.2) is 0 Å². The van der Waals surface area contributed by atoms with Crippen molar-refractivity contribution in [3.63, 3.8) is 0 Å². The van der Waals surface area contributed by atoms with E-state index in [-0.39, 0.29) is 0 Å². The predicted molar refractivity (Wildman–Crippen MR) is 86.1 cm³/mol. The van der Waals surface area contributed by atoms with Gasteiger partial charge in [0.15, 0.2) is 0 Å². The molecule has 0 saturated heterocycles. The lowest BCUT2D eigenvalue weighted by molar-refractivity contribution is 0.305. The van der Waals surface area contributed by atoms with Crippen LogP contribution in [0.3, 0.4) is 0 Å². The van der Waals surface area contributed by atoms with Crippen LogP contribution in [0.2, 0.25) is 0 Å². The molecule has 0 amide bonds. The molecule has 0 aliphatic carbocycles. The Labute approximate surface area is 126 Å². The largest absolute Gasteiger partial charge is 0.497 e. The van der Waals surface area contributed by atoms with Crippen LogP contribution in [0.15, 0.2) is 48.5 Å². The molecule has 0 radical (unpaired) electrons. The molecule has 112 valence electrons. The van der Waals surface area contributed by atoms with Crippen molar-refractivity contribution in [2.75, 3.05) is 20.7 Å². The quantitative estimate of drug-likeness (QED) is 0.843. The average Bonchev–Trinajstić information content (AvgIpc) is 2.54. The van der Waals surface area contributed by atoms with Crippen LogP contribution in [0.5, 0.6) is 11.5 Å². The molecule has 3 heteroatoms. The Balaban J connectivity index is 1.90. The Morgan fingerprint density at radius 1 is 0.952 bits per heavy atom. The van der Waals surface area contributed by atoms with Gasteiger partial charge >= 0.3 is 0 Å². The Hall–Kier alpha value is -2.00. The number of ether oxygens (including phenoxy) is 2. The summed E-state index contributed by atoms with van der Waals surface area (Å²) in [6.45, 7) is 3.79. The number of benzene rings is 2. The van der Waals surface area contributed by atoms with Crippen molar-refractivity contribution < 1.29 is 9.47 Å². The summed E-state index contributed by atoms with van der Waals surface area (Å²) in [5.74, 6) is 2.21. The zero-order valence-electron chi connectivity index (χ0n) is 12.9. The highest BCUT2D eigenvalue weighted by Crippen LogP contribution is 2.19. The van der Waals surface area contributed by atoms with Crippen LogP contribution in [0.4, 0.5) is 0 Å². The Morgan fingerprint density at radius 2 is 1.57 bits per heavy atom. The number of hydrogen-bond acceptors (Lipinski definition) is 3. The maximum absolute atomic E-state index is 5.77. The molecule has 1 N–H and O–H groups in total. The van der Waals surface area contributed by atoms with Gasteiger partial charge in [-0.3, -0.25) is 0 Å². The van der Waals surface area contributed by atoms with Gasteiger partial charge in [0, 0.05) is 6.54 Å². The molecule has 0 spiro atoms. The molecule has 0 aliphatic heterocycles. The Morgan fingerprint density at radius 3 is 2.14 bits per heavy atom. The highest BCUT2D eigenvalue weighted by Gasteiger charge is 2.04. The van der Waals surface area contributed by atoms with E-state index in [1.807, 2.05) is 31.3 Å². The highest BCUT2D eigenvalue weighted by atomic mass is 16.5. The molecule has 0 heterocycles. The smallest absolute Gasteiger partial charge is 0.120 e. The maximum atomic E-state index is 5.77. The average molecular weight is 285 g/mol. The number of hydrogen-bond donors (Lipinski definition) is 1. The number of methoxy groups -OCH3 is 1. The first kappa shape index (κ1) is 15.4. The number of likely N-dealkylation sites (N-methyl/N-ethyl adjacent to an activating group) is 1. The predicted octanol–water partition coefficient (Wildman–Crippen LogP) is 3.60. The van der Waals surface area contributed by atoms with Gasteiger partial charge in [0.05, 0.1) is 7.11 Å². The fourth-order valence-corrected chi connectivity index (χ4v) is 2.21. The van der Waals surface area contributed by atoms with E-state index >= 15 is 0 Å². The van der Waals surface area contributed by atoms with Crippen LogP contribution in [-0.4, -0.2) is 20.7 Å². The van der Waals surface area contributed by atoms with Crippen molar-refractivity contribution in [3.8, 4) is 11.5 Å². The molecule has 0 bridgehead atoms. The molecule has 1 atom stereocenters. The highest BCUT2D eigenvalue weighted by molar-refractivity contribution is 5.31. The van der Waals surface area contributed by atoms with Gasteiger partial charge in [0.1, 0.15) is 18.1 Å². The summed E-state index contributed by atoms with van der Waals surface area (Å²) >= 11 is 0.